The van der Waals surface area contributed by atoms with Gasteiger partial charge in [0, 0.05) is 18.1 Å². The van der Waals surface area contributed by atoms with Crippen molar-refractivity contribution in [2.75, 3.05) is 26.2 Å². The van der Waals surface area contributed by atoms with E-state index in [1.165, 1.54) is 5.57 Å². The molecule has 0 fully saturated rings. The first-order valence-electron chi connectivity index (χ1n) is 6.88. The SMILES string of the molecule is O=C(CCOc1ccc(Cl)cc1Cl)NCC1=CCNCC1. The molecule has 0 aliphatic carbocycles. The van der Waals surface area contributed by atoms with E-state index in [2.05, 4.69) is 16.7 Å². The van der Waals surface area contributed by atoms with Crippen LogP contribution in [-0.4, -0.2) is 32.1 Å². The lowest BCUT2D eigenvalue weighted by Gasteiger charge is -2.14. The minimum Gasteiger partial charge on any atom is -0.491 e. The molecule has 1 aromatic rings. The number of rotatable bonds is 6. The van der Waals surface area contributed by atoms with Crippen molar-refractivity contribution < 1.29 is 9.53 Å². The molecule has 1 amide bonds. The monoisotopic (exact) mass is 328 g/mol. The fourth-order valence-corrected chi connectivity index (χ4v) is 2.44. The molecule has 0 unspecified atom stereocenters. The summed E-state index contributed by atoms with van der Waals surface area (Å²) < 4.78 is 5.48. The minimum atomic E-state index is -0.0282. The highest BCUT2D eigenvalue weighted by molar-refractivity contribution is 6.35. The lowest BCUT2D eigenvalue weighted by Crippen LogP contribution is -2.30. The van der Waals surface area contributed by atoms with Crippen LogP contribution >= 0.6 is 23.2 Å². The van der Waals surface area contributed by atoms with Crippen molar-refractivity contribution in [1.82, 2.24) is 10.6 Å². The van der Waals surface area contributed by atoms with Gasteiger partial charge in [-0.3, -0.25) is 4.79 Å². The van der Waals surface area contributed by atoms with E-state index in [1.54, 1.807) is 18.2 Å². The van der Waals surface area contributed by atoms with Crippen LogP contribution in [0.25, 0.3) is 0 Å². The van der Waals surface area contributed by atoms with Gasteiger partial charge in [-0.25, -0.2) is 0 Å². The molecule has 0 radical (unpaired) electrons. The second-order valence-electron chi connectivity index (χ2n) is 4.77. The number of hydrogen-bond acceptors (Lipinski definition) is 3. The quantitative estimate of drug-likeness (QED) is 0.789. The molecule has 2 N–H and O–H groups in total. The highest BCUT2D eigenvalue weighted by Crippen LogP contribution is 2.27. The Kier molecular flexibility index (Phi) is 6.36. The lowest BCUT2D eigenvalue weighted by molar-refractivity contribution is -0.121. The van der Waals surface area contributed by atoms with Crippen molar-refractivity contribution >= 4 is 29.1 Å². The number of amides is 1. The molecule has 21 heavy (non-hydrogen) atoms. The van der Waals surface area contributed by atoms with Crippen LogP contribution in [-0.2, 0) is 4.79 Å². The zero-order valence-corrected chi connectivity index (χ0v) is 13.1. The van der Waals surface area contributed by atoms with Gasteiger partial charge in [0.05, 0.1) is 18.1 Å². The molecule has 2 rings (SSSR count). The molecule has 0 saturated carbocycles. The Bertz CT molecular complexity index is 532. The van der Waals surface area contributed by atoms with Gasteiger partial charge in [0.2, 0.25) is 5.91 Å². The van der Waals surface area contributed by atoms with Crippen molar-refractivity contribution in [3.05, 3.63) is 39.9 Å². The van der Waals surface area contributed by atoms with Gasteiger partial charge in [-0.05, 0) is 31.2 Å². The normalized spacial score (nSPS) is 14.5. The molecule has 4 nitrogen and oxygen atoms in total. The second kappa shape index (κ2) is 8.27. The maximum Gasteiger partial charge on any atom is 0.223 e. The van der Waals surface area contributed by atoms with Crippen LogP contribution < -0.4 is 15.4 Å². The number of halogens is 2. The van der Waals surface area contributed by atoms with Gasteiger partial charge in [0.15, 0.2) is 0 Å². The zero-order valence-electron chi connectivity index (χ0n) is 11.6. The smallest absolute Gasteiger partial charge is 0.223 e. The van der Waals surface area contributed by atoms with Crippen molar-refractivity contribution in [2.24, 2.45) is 0 Å². The van der Waals surface area contributed by atoms with Gasteiger partial charge in [-0.2, -0.15) is 0 Å². The van der Waals surface area contributed by atoms with Gasteiger partial charge >= 0.3 is 0 Å². The van der Waals surface area contributed by atoms with E-state index in [1.807, 2.05) is 0 Å². The van der Waals surface area contributed by atoms with Crippen LogP contribution in [0.3, 0.4) is 0 Å². The molecule has 6 heteroatoms. The molecule has 1 aliphatic rings. The molecule has 0 bridgehead atoms. The molecule has 114 valence electrons. The van der Waals surface area contributed by atoms with Crippen molar-refractivity contribution in [1.29, 1.82) is 0 Å². The van der Waals surface area contributed by atoms with Crippen molar-refractivity contribution in [3.63, 3.8) is 0 Å². The first kappa shape index (κ1) is 16.1. The summed E-state index contributed by atoms with van der Waals surface area (Å²) >= 11 is 11.8. The molecular weight excluding hydrogens is 311 g/mol. The third-order valence-corrected chi connectivity index (χ3v) is 3.68. The van der Waals surface area contributed by atoms with Crippen LogP contribution in [0.1, 0.15) is 12.8 Å². The van der Waals surface area contributed by atoms with E-state index in [4.69, 9.17) is 27.9 Å². The summed E-state index contributed by atoms with van der Waals surface area (Å²) in [4.78, 5) is 11.7. The number of carbonyl (C=O) groups is 1. The number of benzene rings is 1. The molecule has 0 saturated heterocycles. The van der Waals surface area contributed by atoms with E-state index in [0.29, 0.717) is 28.8 Å². The molecule has 1 aromatic carbocycles. The van der Waals surface area contributed by atoms with Crippen molar-refractivity contribution in [2.45, 2.75) is 12.8 Å². The summed E-state index contributed by atoms with van der Waals surface area (Å²) in [6, 6.07) is 5.01. The van der Waals surface area contributed by atoms with E-state index < -0.39 is 0 Å². The van der Waals surface area contributed by atoms with Gasteiger partial charge in [-0.15, -0.1) is 0 Å². The van der Waals surface area contributed by atoms with Gasteiger partial charge in [0.25, 0.3) is 0 Å². The number of nitrogens with one attached hydrogen (secondary N) is 2. The Hall–Kier alpha value is -1.23. The summed E-state index contributed by atoms with van der Waals surface area (Å²) in [6.07, 6.45) is 3.40. The molecule has 0 aromatic heterocycles. The fraction of sp³-hybridized carbons (Fsp3) is 0.400. The van der Waals surface area contributed by atoms with Gasteiger partial charge in [-0.1, -0.05) is 34.9 Å². The van der Waals surface area contributed by atoms with Gasteiger partial charge < -0.3 is 15.4 Å². The molecule has 1 aliphatic heterocycles. The average molecular weight is 329 g/mol. The maximum atomic E-state index is 11.7. The predicted octanol–water partition coefficient (Wildman–Crippen LogP) is 2.80. The van der Waals surface area contributed by atoms with Crippen LogP contribution in [0.2, 0.25) is 10.0 Å². The first-order chi connectivity index (χ1) is 10.1. The summed E-state index contributed by atoms with van der Waals surface area (Å²) in [7, 11) is 0. The maximum absolute atomic E-state index is 11.7. The van der Waals surface area contributed by atoms with Crippen LogP contribution in [0.4, 0.5) is 0 Å². The van der Waals surface area contributed by atoms with E-state index in [-0.39, 0.29) is 12.5 Å². The predicted molar refractivity (Wildman–Crippen MR) is 85.2 cm³/mol. The Morgan fingerprint density at radius 2 is 2.24 bits per heavy atom. The summed E-state index contributed by atoms with van der Waals surface area (Å²) in [5, 5.41) is 7.13. The zero-order chi connectivity index (χ0) is 15.1. The Morgan fingerprint density at radius 3 is 2.95 bits per heavy atom. The minimum absolute atomic E-state index is 0.0282. The lowest BCUT2D eigenvalue weighted by atomic mass is 10.1. The summed E-state index contributed by atoms with van der Waals surface area (Å²) in [5.74, 6) is 0.509. The number of carbonyl (C=O) groups excluding carboxylic acids is 1. The third kappa shape index (κ3) is 5.58. The fourth-order valence-electron chi connectivity index (χ4n) is 1.98. The van der Waals surface area contributed by atoms with Crippen molar-refractivity contribution in [3.8, 4) is 5.75 Å². The highest BCUT2D eigenvalue weighted by Gasteiger charge is 2.07. The first-order valence-corrected chi connectivity index (χ1v) is 7.64. The second-order valence-corrected chi connectivity index (χ2v) is 5.61. The van der Waals surface area contributed by atoms with E-state index in [9.17, 15) is 4.79 Å². The number of hydrogen-bond donors (Lipinski definition) is 2. The van der Waals surface area contributed by atoms with Gasteiger partial charge in [0.1, 0.15) is 5.75 Å². The molecule has 0 spiro atoms. The largest absolute Gasteiger partial charge is 0.491 e. The van der Waals surface area contributed by atoms with E-state index in [0.717, 1.165) is 19.5 Å². The number of ether oxygens (including phenoxy) is 1. The van der Waals surface area contributed by atoms with Crippen LogP contribution in [0, 0.1) is 0 Å². The van der Waals surface area contributed by atoms with Crippen LogP contribution in [0.5, 0.6) is 5.75 Å². The average Bonchev–Trinajstić information content (AvgIpc) is 2.48. The Labute approximate surface area is 134 Å². The topological polar surface area (TPSA) is 50.4 Å². The van der Waals surface area contributed by atoms with Crippen LogP contribution in [0.15, 0.2) is 29.8 Å². The Morgan fingerprint density at radius 1 is 1.38 bits per heavy atom. The highest BCUT2D eigenvalue weighted by atomic mass is 35.5. The molecule has 1 heterocycles. The van der Waals surface area contributed by atoms with E-state index >= 15 is 0 Å². The molecule has 0 atom stereocenters. The summed E-state index contributed by atoms with van der Waals surface area (Å²) in [6.45, 7) is 2.75. The Balaban J connectivity index is 1.68. The standard InChI is InChI=1S/C15H18Cl2N2O2/c16-12-1-2-14(13(17)9-12)21-8-5-15(20)19-10-11-3-6-18-7-4-11/h1-3,9,18H,4-8,10H2,(H,19,20). The third-order valence-electron chi connectivity index (χ3n) is 3.15. The molecular formula is C15H18Cl2N2O2. The summed E-state index contributed by atoms with van der Waals surface area (Å²) in [5.41, 5.74) is 1.27.